The highest BCUT2D eigenvalue weighted by Crippen LogP contribution is 2.60. The second-order valence-electron chi connectivity index (χ2n) is 12.4. The molecule has 0 aromatic rings. The lowest BCUT2D eigenvalue weighted by Crippen LogP contribution is -2.38. The lowest BCUT2D eigenvalue weighted by molar-refractivity contribution is -0.140. The fourth-order valence-corrected chi connectivity index (χ4v) is 7.51. The van der Waals surface area contributed by atoms with E-state index in [1.807, 2.05) is 6.92 Å². The van der Waals surface area contributed by atoms with Crippen molar-refractivity contribution in [3.63, 3.8) is 0 Å². The van der Waals surface area contributed by atoms with Gasteiger partial charge in [-0.15, -0.1) is 0 Å². The summed E-state index contributed by atoms with van der Waals surface area (Å²) in [5, 5.41) is 20.8. The minimum Gasteiger partial charge on any atom is -0.458 e. The van der Waals surface area contributed by atoms with E-state index in [0.29, 0.717) is 29.7 Å². The Bertz CT molecular complexity index is 924. The van der Waals surface area contributed by atoms with E-state index in [9.17, 15) is 15.0 Å². The molecule has 4 nitrogen and oxygen atoms in total. The average Bonchev–Trinajstić information content (AvgIpc) is 3.23. The number of allylic oxidation sites excluding steroid dienone is 3. The molecule has 0 radical (unpaired) electrons. The second kappa shape index (κ2) is 9.09. The molecule has 3 saturated carbocycles. The Kier molecular flexibility index (Phi) is 6.81. The number of hydrogen-bond acceptors (Lipinski definition) is 4. The Labute approximate surface area is 205 Å². The van der Waals surface area contributed by atoms with Gasteiger partial charge in [0, 0.05) is 16.9 Å². The molecule has 0 amide bonds. The number of fused-ring (bicyclic) bond motifs is 1. The van der Waals surface area contributed by atoms with Gasteiger partial charge in [-0.25, -0.2) is 4.79 Å². The molecule has 0 aromatic carbocycles. The van der Waals surface area contributed by atoms with E-state index in [0.717, 1.165) is 24.0 Å². The number of carbonyl (C=O) groups excluding carboxylic acids is 1. The summed E-state index contributed by atoms with van der Waals surface area (Å²) in [4.78, 5) is 12.1. The molecular formula is C30H44O4. The van der Waals surface area contributed by atoms with Gasteiger partial charge in [0.2, 0.25) is 0 Å². The molecule has 1 heterocycles. The van der Waals surface area contributed by atoms with Gasteiger partial charge in [0.05, 0.1) is 12.2 Å². The van der Waals surface area contributed by atoms with Crippen molar-refractivity contribution in [1.82, 2.24) is 0 Å². The van der Waals surface area contributed by atoms with Crippen LogP contribution in [-0.4, -0.2) is 34.5 Å². The first kappa shape index (κ1) is 25.4. The zero-order valence-electron chi connectivity index (χ0n) is 21.8. The minimum absolute atomic E-state index is 0.0916. The molecule has 8 atom stereocenters. The van der Waals surface area contributed by atoms with Crippen LogP contribution in [0.5, 0.6) is 0 Å². The molecule has 2 N–H and O–H groups in total. The largest absolute Gasteiger partial charge is 0.458 e. The van der Waals surface area contributed by atoms with Crippen LogP contribution in [0.2, 0.25) is 0 Å². The molecule has 188 valence electrons. The van der Waals surface area contributed by atoms with Gasteiger partial charge in [-0.2, -0.15) is 0 Å². The van der Waals surface area contributed by atoms with Crippen molar-refractivity contribution in [3.05, 3.63) is 47.6 Å². The van der Waals surface area contributed by atoms with E-state index in [1.54, 1.807) is 0 Å². The molecule has 4 heteroatoms. The van der Waals surface area contributed by atoms with Crippen molar-refractivity contribution >= 4 is 5.97 Å². The van der Waals surface area contributed by atoms with Crippen molar-refractivity contribution in [2.24, 2.45) is 34.5 Å². The third-order valence-electron chi connectivity index (χ3n) is 10.2. The molecule has 0 bridgehead atoms. The molecule has 34 heavy (non-hydrogen) atoms. The third-order valence-corrected chi connectivity index (χ3v) is 10.2. The number of carbonyl (C=O) groups is 1. The van der Waals surface area contributed by atoms with Crippen LogP contribution in [-0.2, 0) is 9.53 Å². The summed E-state index contributed by atoms with van der Waals surface area (Å²) in [5.74, 6) is 1.23. The molecule has 0 spiro atoms. The lowest BCUT2D eigenvalue weighted by Gasteiger charge is -2.45. The van der Waals surface area contributed by atoms with E-state index in [-0.39, 0.29) is 28.8 Å². The van der Waals surface area contributed by atoms with E-state index in [2.05, 4.69) is 53.0 Å². The van der Waals surface area contributed by atoms with Crippen molar-refractivity contribution < 1.29 is 19.7 Å². The van der Waals surface area contributed by atoms with E-state index >= 15 is 0 Å². The van der Waals surface area contributed by atoms with Crippen LogP contribution in [0.3, 0.4) is 0 Å². The summed E-state index contributed by atoms with van der Waals surface area (Å²) in [5.41, 5.74) is 3.79. The zero-order valence-corrected chi connectivity index (χ0v) is 21.8. The fourth-order valence-electron chi connectivity index (χ4n) is 7.51. The summed E-state index contributed by atoms with van der Waals surface area (Å²) < 4.78 is 5.74. The third kappa shape index (κ3) is 4.15. The maximum absolute atomic E-state index is 12.1. The van der Waals surface area contributed by atoms with Gasteiger partial charge < -0.3 is 14.9 Å². The SMILES string of the molecule is C=C1/C(=C\C=C2/CCC[C@]3(C)[C@@H]([C@H](C)C[C@H]4OC(=O)C(=C)C4(C)C)CC[C@@H]23)C[C@@H](O)[C@H](C)[C@@H]1O. The molecule has 3 aliphatic carbocycles. The number of hydrogen-bond donors (Lipinski definition) is 2. The molecule has 0 unspecified atom stereocenters. The smallest absolute Gasteiger partial charge is 0.334 e. The van der Waals surface area contributed by atoms with Crippen molar-refractivity contribution in [2.45, 2.75) is 97.9 Å². The monoisotopic (exact) mass is 468 g/mol. The number of rotatable bonds is 4. The topological polar surface area (TPSA) is 66.8 Å². The van der Waals surface area contributed by atoms with Crippen molar-refractivity contribution in [3.8, 4) is 0 Å². The summed E-state index contributed by atoms with van der Waals surface area (Å²) >= 11 is 0. The molecular weight excluding hydrogens is 424 g/mol. The predicted octanol–water partition coefficient (Wildman–Crippen LogP) is 5.91. The number of aliphatic hydroxyl groups is 2. The maximum Gasteiger partial charge on any atom is 0.334 e. The van der Waals surface area contributed by atoms with Gasteiger partial charge >= 0.3 is 5.97 Å². The Hall–Kier alpha value is -1.65. The number of cyclic esters (lactones) is 1. The Morgan fingerprint density at radius 2 is 1.88 bits per heavy atom. The molecule has 0 aromatic heterocycles. The molecule has 4 aliphatic rings. The van der Waals surface area contributed by atoms with Crippen LogP contribution < -0.4 is 0 Å². The van der Waals surface area contributed by atoms with Crippen LogP contribution in [0.15, 0.2) is 47.6 Å². The van der Waals surface area contributed by atoms with Crippen LogP contribution in [0.25, 0.3) is 0 Å². The first-order chi connectivity index (χ1) is 15.9. The highest BCUT2D eigenvalue weighted by atomic mass is 16.6. The van der Waals surface area contributed by atoms with E-state index in [1.165, 1.54) is 31.3 Å². The van der Waals surface area contributed by atoms with E-state index < -0.39 is 12.2 Å². The Morgan fingerprint density at radius 3 is 2.53 bits per heavy atom. The summed E-state index contributed by atoms with van der Waals surface area (Å²) in [6.07, 6.45) is 10.5. The van der Waals surface area contributed by atoms with Crippen LogP contribution in [0.1, 0.15) is 79.6 Å². The highest BCUT2D eigenvalue weighted by Gasteiger charge is 2.53. The fraction of sp³-hybridized carbons (Fsp3) is 0.700. The summed E-state index contributed by atoms with van der Waals surface area (Å²) in [6.45, 7) is 19.0. The molecule has 1 saturated heterocycles. The maximum atomic E-state index is 12.1. The number of esters is 1. The standard InChI is InChI=1S/C30H44O4/c1-17(15-26-29(5,6)20(4)28(33)34-26)23-12-13-24-21(9-8-14-30(23,24)7)10-11-22-16-25(31)19(3)27(32)18(22)2/h10-11,17,19,23-27,31-32H,2,4,8-9,12-16H2,1,3,5-7H3/b21-10+,22-11-/t17-,19+,23-,24+,25-,26-,27-,30-/m1/s1. The second-order valence-corrected chi connectivity index (χ2v) is 12.4. The van der Waals surface area contributed by atoms with Gasteiger partial charge in [-0.3, -0.25) is 0 Å². The Balaban J connectivity index is 1.50. The minimum atomic E-state index is -0.674. The van der Waals surface area contributed by atoms with Crippen molar-refractivity contribution in [2.75, 3.05) is 0 Å². The summed E-state index contributed by atoms with van der Waals surface area (Å²) in [7, 11) is 0. The summed E-state index contributed by atoms with van der Waals surface area (Å²) in [6, 6.07) is 0. The Morgan fingerprint density at radius 1 is 1.18 bits per heavy atom. The van der Waals surface area contributed by atoms with Crippen LogP contribution >= 0.6 is 0 Å². The molecule has 4 rings (SSSR count). The van der Waals surface area contributed by atoms with Gasteiger partial charge in [0.1, 0.15) is 6.10 Å². The van der Waals surface area contributed by atoms with Gasteiger partial charge in [-0.1, -0.05) is 65.5 Å². The average molecular weight is 469 g/mol. The van der Waals surface area contributed by atoms with Gasteiger partial charge in [0.15, 0.2) is 0 Å². The number of ether oxygens (including phenoxy) is 1. The quantitative estimate of drug-likeness (QED) is 0.398. The predicted molar refractivity (Wildman–Crippen MR) is 136 cm³/mol. The van der Waals surface area contributed by atoms with Gasteiger partial charge in [0.25, 0.3) is 0 Å². The van der Waals surface area contributed by atoms with E-state index in [4.69, 9.17) is 4.74 Å². The first-order valence-electron chi connectivity index (χ1n) is 13.2. The van der Waals surface area contributed by atoms with Crippen LogP contribution in [0.4, 0.5) is 0 Å². The molecule has 4 fully saturated rings. The zero-order chi connectivity index (χ0) is 25.0. The normalized spacial score (nSPS) is 43.3. The van der Waals surface area contributed by atoms with Crippen molar-refractivity contribution in [1.29, 1.82) is 0 Å². The van der Waals surface area contributed by atoms with Gasteiger partial charge in [-0.05, 0) is 79.3 Å². The lowest BCUT2D eigenvalue weighted by atomic mass is 9.60. The highest BCUT2D eigenvalue weighted by molar-refractivity contribution is 5.91. The first-order valence-corrected chi connectivity index (χ1v) is 13.2. The molecule has 1 aliphatic heterocycles. The number of aliphatic hydroxyl groups excluding tert-OH is 2. The van der Waals surface area contributed by atoms with Crippen LogP contribution in [0, 0.1) is 34.5 Å².